The van der Waals surface area contributed by atoms with Gasteiger partial charge in [0.2, 0.25) is 5.96 Å². The Hall–Kier alpha value is -3.41. The van der Waals surface area contributed by atoms with E-state index in [1.54, 1.807) is 0 Å². The van der Waals surface area contributed by atoms with E-state index < -0.39 is 0 Å². The van der Waals surface area contributed by atoms with Crippen LogP contribution in [-0.2, 0) is 19.5 Å². The van der Waals surface area contributed by atoms with Crippen LogP contribution in [-0.4, -0.2) is 21.6 Å². The summed E-state index contributed by atoms with van der Waals surface area (Å²) in [6.45, 7) is 11.4. The molecular formula is C25H31N5O. The van der Waals surface area contributed by atoms with Crippen molar-refractivity contribution in [2.45, 2.75) is 54.1 Å². The molecule has 0 saturated carbocycles. The van der Waals surface area contributed by atoms with Crippen molar-refractivity contribution in [1.29, 1.82) is 0 Å². The first-order chi connectivity index (χ1) is 14.9. The van der Waals surface area contributed by atoms with Crippen LogP contribution in [0.1, 0.15) is 52.3 Å². The third-order valence-corrected chi connectivity index (χ3v) is 5.50. The van der Waals surface area contributed by atoms with Crippen LogP contribution in [0.3, 0.4) is 0 Å². The lowest BCUT2D eigenvalue weighted by molar-refractivity contribution is 0.0976. The van der Waals surface area contributed by atoms with Gasteiger partial charge in [0.1, 0.15) is 0 Å². The highest BCUT2D eigenvalue weighted by atomic mass is 16.1. The molecule has 3 aromatic rings. The van der Waals surface area contributed by atoms with Gasteiger partial charge in [-0.15, -0.1) is 0 Å². The first kappa shape index (κ1) is 22.3. The molecule has 3 rings (SSSR count). The first-order valence-corrected chi connectivity index (χ1v) is 10.7. The number of aromatic nitrogens is 2. The Morgan fingerprint density at radius 1 is 1.03 bits per heavy atom. The summed E-state index contributed by atoms with van der Waals surface area (Å²) in [7, 11) is 0. The van der Waals surface area contributed by atoms with Crippen molar-refractivity contribution >= 4 is 17.6 Å². The number of para-hydroxylation sites is 1. The number of hydrogen-bond donors (Lipinski definition) is 2. The van der Waals surface area contributed by atoms with Gasteiger partial charge in [-0.2, -0.15) is 5.10 Å². The molecule has 0 aliphatic heterocycles. The van der Waals surface area contributed by atoms with Gasteiger partial charge in [-0.3, -0.25) is 14.8 Å². The Morgan fingerprint density at radius 3 is 2.42 bits per heavy atom. The second kappa shape index (κ2) is 10.1. The molecule has 2 aromatic carbocycles. The van der Waals surface area contributed by atoms with Crippen molar-refractivity contribution in [3.63, 3.8) is 0 Å². The maximum absolute atomic E-state index is 13.0. The summed E-state index contributed by atoms with van der Waals surface area (Å²) in [6, 6.07) is 15.6. The van der Waals surface area contributed by atoms with Crippen LogP contribution in [0, 0.1) is 20.8 Å². The molecule has 0 aliphatic rings. The minimum atomic E-state index is -0.184. The van der Waals surface area contributed by atoms with E-state index in [9.17, 15) is 4.79 Å². The molecule has 0 atom stereocenters. The van der Waals surface area contributed by atoms with Crippen LogP contribution < -0.4 is 10.6 Å². The zero-order valence-electron chi connectivity index (χ0n) is 19.0. The Morgan fingerprint density at radius 2 is 1.74 bits per heavy atom. The third-order valence-electron chi connectivity index (χ3n) is 5.50. The lowest BCUT2D eigenvalue weighted by atomic mass is 10.1. The molecule has 2 N–H and O–H groups in total. The molecule has 0 spiro atoms. The summed E-state index contributed by atoms with van der Waals surface area (Å²) in [5.41, 5.74) is 6.79. The SMILES string of the molecule is CCc1ccccc1NC(=NCc1c(C)nn(CC)c1C)NC(=O)c1ccccc1C. The highest BCUT2D eigenvalue weighted by molar-refractivity contribution is 6.10. The molecule has 1 amide bonds. The number of benzene rings is 2. The van der Waals surface area contributed by atoms with Gasteiger partial charge in [-0.25, -0.2) is 4.99 Å². The molecule has 1 aromatic heterocycles. The molecule has 0 bridgehead atoms. The smallest absolute Gasteiger partial charge is 0.258 e. The van der Waals surface area contributed by atoms with E-state index >= 15 is 0 Å². The maximum atomic E-state index is 13.0. The molecule has 0 fully saturated rings. The van der Waals surface area contributed by atoms with Crippen molar-refractivity contribution in [2.75, 3.05) is 5.32 Å². The molecule has 6 heteroatoms. The number of rotatable bonds is 6. The predicted molar refractivity (Wildman–Crippen MR) is 127 cm³/mol. The number of guanidine groups is 1. The number of nitrogens with one attached hydrogen (secondary N) is 2. The minimum absolute atomic E-state index is 0.184. The summed E-state index contributed by atoms with van der Waals surface area (Å²) in [5, 5.41) is 10.9. The van der Waals surface area contributed by atoms with E-state index in [1.165, 1.54) is 0 Å². The maximum Gasteiger partial charge on any atom is 0.258 e. The lowest BCUT2D eigenvalue weighted by Crippen LogP contribution is -2.36. The van der Waals surface area contributed by atoms with E-state index in [-0.39, 0.29) is 5.91 Å². The number of aryl methyl sites for hydroxylation is 4. The normalized spacial score (nSPS) is 11.5. The average Bonchev–Trinajstić information content (AvgIpc) is 3.05. The zero-order valence-corrected chi connectivity index (χ0v) is 19.0. The highest BCUT2D eigenvalue weighted by Crippen LogP contribution is 2.17. The quantitative estimate of drug-likeness (QED) is 0.447. The van der Waals surface area contributed by atoms with Gasteiger partial charge in [0, 0.05) is 29.1 Å². The van der Waals surface area contributed by atoms with E-state index in [0.717, 1.165) is 46.7 Å². The summed E-state index contributed by atoms with van der Waals surface area (Å²) < 4.78 is 1.98. The van der Waals surface area contributed by atoms with Gasteiger partial charge >= 0.3 is 0 Å². The number of carbonyl (C=O) groups is 1. The number of anilines is 1. The fraction of sp³-hybridized carbons (Fsp3) is 0.320. The topological polar surface area (TPSA) is 71.3 Å². The fourth-order valence-electron chi connectivity index (χ4n) is 3.62. The van der Waals surface area contributed by atoms with Gasteiger partial charge < -0.3 is 5.32 Å². The predicted octanol–water partition coefficient (Wildman–Crippen LogP) is 4.79. The number of nitrogens with zero attached hydrogens (tertiary/aromatic N) is 3. The van der Waals surface area contributed by atoms with Crippen LogP contribution >= 0.6 is 0 Å². The van der Waals surface area contributed by atoms with Gasteiger partial charge in [-0.05, 0) is 57.4 Å². The molecule has 1 heterocycles. The van der Waals surface area contributed by atoms with Crippen molar-refractivity contribution in [2.24, 2.45) is 4.99 Å². The first-order valence-electron chi connectivity index (χ1n) is 10.7. The number of hydrogen-bond acceptors (Lipinski definition) is 3. The zero-order chi connectivity index (χ0) is 22.4. The van der Waals surface area contributed by atoms with Crippen molar-refractivity contribution in [3.05, 3.63) is 82.2 Å². The molecule has 0 aliphatic carbocycles. The third kappa shape index (κ3) is 5.20. The summed E-state index contributed by atoms with van der Waals surface area (Å²) in [4.78, 5) is 17.7. The molecule has 0 saturated heterocycles. The standard InChI is InChI=1S/C25H31N5O/c1-6-20-13-9-11-15-23(20)27-25(28-24(31)21-14-10-8-12-17(21)3)26-16-22-18(4)29-30(7-2)19(22)5/h8-15H,6-7,16H2,1-5H3,(H2,26,27,28,31). The monoisotopic (exact) mass is 417 g/mol. The Balaban J connectivity index is 1.92. The number of carbonyl (C=O) groups excluding carboxylic acids is 1. The average molecular weight is 418 g/mol. The van der Waals surface area contributed by atoms with Crippen molar-refractivity contribution in [1.82, 2.24) is 15.1 Å². The number of aliphatic imine (C=N–C) groups is 1. The molecule has 6 nitrogen and oxygen atoms in total. The second-order valence-corrected chi connectivity index (χ2v) is 7.53. The summed E-state index contributed by atoms with van der Waals surface area (Å²) >= 11 is 0. The summed E-state index contributed by atoms with van der Waals surface area (Å²) in [5.74, 6) is 0.244. The molecular weight excluding hydrogens is 386 g/mol. The molecule has 0 radical (unpaired) electrons. The lowest BCUT2D eigenvalue weighted by Gasteiger charge is -2.15. The van der Waals surface area contributed by atoms with Crippen LogP contribution in [0.25, 0.3) is 0 Å². The Bertz CT molecular complexity index is 1100. The van der Waals surface area contributed by atoms with Gasteiger partial charge in [0.15, 0.2) is 0 Å². The van der Waals surface area contributed by atoms with Crippen LogP contribution in [0.15, 0.2) is 53.5 Å². The summed E-state index contributed by atoms with van der Waals surface area (Å²) in [6.07, 6.45) is 0.879. The largest absolute Gasteiger partial charge is 0.326 e. The Kier molecular flexibility index (Phi) is 7.23. The van der Waals surface area contributed by atoms with Gasteiger partial charge in [0.05, 0.1) is 12.2 Å². The van der Waals surface area contributed by atoms with Gasteiger partial charge in [0.25, 0.3) is 5.91 Å². The van der Waals surface area contributed by atoms with Crippen LogP contribution in [0.4, 0.5) is 5.69 Å². The molecule has 31 heavy (non-hydrogen) atoms. The molecule has 0 unspecified atom stereocenters. The minimum Gasteiger partial charge on any atom is -0.326 e. The van der Waals surface area contributed by atoms with Crippen molar-refractivity contribution < 1.29 is 4.79 Å². The highest BCUT2D eigenvalue weighted by Gasteiger charge is 2.14. The molecule has 162 valence electrons. The van der Waals surface area contributed by atoms with E-state index in [4.69, 9.17) is 4.99 Å². The second-order valence-electron chi connectivity index (χ2n) is 7.53. The fourth-order valence-corrected chi connectivity index (χ4v) is 3.62. The van der Waals surface area contributed by atoms with E-state index in [0.29, 0.717) is 18.1 Å². The Labute approximate surface area is 184 Å². The van der Waals surface area contributed by atoms with Crippen LogP contribution in [0.5, 0.6) is 0 Å². The van der Waals surface area contributed by atoms with Gasteiger partial charge in [-0.1, -0.05) is 43.3 Å². The van der Waals surface area contributed by atoms with E-state index in [2.05, 4.69) is 42.6 Å². The van der Waals surface area contributed by atoms with E-state index in [1.807, 2.05) is 61.0 Å². The van der Waals surface area contributed by atoms with Crippen molar-refractivity contribution in [3.8, 4) is 0 Å². The number of amides is 1. The van der Waals surface area contributed by atoms with Crippen LogP contribution in [0.2, 0.25) is 0 Å².